The third-order valence-corrected chi connectivity index (χ3v) is 9.26. The molecular weight excluding hydrogens is 603 g/mol. The van der Waals surface area contributed by atoms with Crippen LogP contribution in [0.15, 0.2) is 46.6 Å². The molecule has 3 rings (SSSR count). The number of aromatic nitrogens is 1. The number of carbonyl (C=O) groups excluding carboxylic acids is 4. The van der Waals surface area contributed by atoms with E-state index in [2.05, 4.69) is 32.6 Å². The van der Waals surface area contributed by atoms with Crippen molar-refractivity contribution in [1.29, 1.82) is 0 Å². The van der Waals surface area contributed by atoms with Crippen LogP contribution in [-0.2, 0) is 14.4 Å². The minimum Gasteiger partial charge on any atom is -0.364 e. The molecule has 1 aliphatic carbocycles. The molecule has 0 unspecified atom stereocenters. The van der Waals surface area contributed by atoms with Gasteiger partial charge in [-0.2, -0.15) is 0 Å². The molecule has 47 heavy (non-hydrogen) atoms. The molecule has 12 heteroatoms. The van der Waals surface area contributed by atoms with E-state index >= 15 is 4.39 Å². The summed E-state index contributed by atoms with van der Waals surface area (Å²) in [7, 11) is 1.99. The summed E-state index contributed by atoms with van der Waals surface area (Å²) in [5.41, 5.74) is 0.957. The van der Waals surface area contributed by atoms with Crippen molar-refractivity contribution in [2.75, 3.05) is 33.2 Å². The minimum atomic E-state index is -0.921. The first-order valence-corrected chi connectivity index (χ1v) is 16.9. The summed E-state index contributed by atoms with van der Waals surface area (Å²) in [6.45, 7) is 15.3. The van der Waals surface area contributed by atoms with Gasteiger partial charge in [-0.05, 0) is 50.3 Å². The van der Waals surface area contributed by atoms with E-state index in [9.17, 15) is 19.2 Å². The van der Waals surface area contributed by atoms with E-state index in [-0.39, 0.29) is 41.3 Å². The fourth-order valence-corrected chi connectivity index (χ4v) is 6.18. The lowest BCUT2D eigenvalue weighted by Gasteiger charge is -2.36. The number of amides is 4. The first-order chi connectivity index (χ1) is 22.4. The molecular formula is C35H53FN6O5. The van der Waals surface area contributed by atoms with Crippen LogP contribution in [0.2, 0.25) is 0 Å². The summed E-state index contributed by atoms with van der Waals surface area (Å²) in [5, 5.41) is 12.3. The van der Waals surface area contributed by atoms with Crippen molar-refractivity contribution in [2.24, 2.45) is 11.8 Å². The van der Waals surface area contributed by atoms with Gasteiger partial charge in [0, 0.05) is 38.5 Å². The Morgan fingerprint density at radius 2 is 1.70 bits per heavy atom. The average Bonchev–Trinajstić information content (AvgIpc) is 3.41. The molecule has 3 N–H and O–H groups in total. The molecule has 1 aromatic heterocycles. The van der Waals surface area contributed by atoms with E-state index in [4.69, 9.17) is 4.52 Å². The van der Waals surface area contributed by atoms with Gasteiger partial charge in [0.05, 0.1) is 11.4 Å². The molecule has 2 heterocycles. The lowest BCUT2D eigenvalue weighted by Crippen LogP contribution is -2.56. The van der Waals surface area contributed by atoms with Crippen molar-refractivity contribution in [3.8, 4) is 0 Å². The normalized spacial score (nSPS) is 19.0. The van der Waals surface area contributed by atoms with E-state index in [0.717, 1.165) is 51.6 Å². The molecule has 1 saturated carbocycles. The number of hydrogen-bond donors (Lipinski definition) is 3. The second-order valence-corrected chi connectivity index (χ2v) is 13.0. The van der Waals surface area contributed by atoms with Crippen LogP contribution in [-0.4, -0.2) is 83.9 Å². The number of rotatable bonds is 13. The van der Waals surface area contributed by atoms with Gasteiger partial charge < -0.3 is 30.3 Å². The summed E-state index contributed by atoms with van der Waals surface area (Å²) in [4.78, 5) is 56.9. The lowest BCUT2D eigenvalue weighted by atomic mass is 9.90. The van der Waals surface area contributed by atoms with Crippen molar-refractivity contribution in [2.45, 2.75) is 97.6 Å². The van der Waals surface area contributed by atoms with E-state index in [1.54, 1.807) is 31.7 Å². The van der Waals surface area contributed by atoms with Crippen molar-refractivity contribution in [1.82, 2.24) is 30.9 Å². The van der Waals surface area contributed by atoms with Crippen molar-refractivity contribution in [3.63, 3.8) is 0 Å². The fraction of sp³-hybridized carbons (Fsp3) is 0.629. The van der Waals surface area contributed by atoms with Gasteiger partial charge in [0.1, 0.15) is 29.7 Å². The molecule has 1 aromatic rings. The number of piperazine rings is 1. The maximum absolute atomic E-state index is 15.8. The molecule has 2 aliphatic rings. The van der Waals surface area contributed by atoms with Crippen LogP contribution < -0.4 is 16.0 Å². The van der Waals surface area contributed by atoms with Gasteiger partial charge in [0.15, 0.2) is 0 Å². The molecule has 260 valence electrons. The summed E-state index contributed by atoms with van der Waals surface area (Å²) in [6, 6.07) is -1.82. The maximum Gasteiger partial charge on any atom is 0.257 e. The Kier molecular flexibility index (Phi) is 14.4. The Morgan fingerprint density at radius 1 is 1.06 bits per heavy atom. The second kappa shape index (κ2) is 17.9. The van der Waals surface area contributed by atoms with Crippen LogP contribution in [0.5, 0.6) is 0 Å². The Labute approximate surface area is 278 Å². The number of carbonyl (C=O) groups is 4. The molecule has 0 spiro atoms. The van der Waals surface area contributed by atoms with Crippen LogP contribution in [0, 0.1) is 11.8 Å². The molecule has 4 amide bonds. The van der Waals surface area contributed by atoms with Crippen molar-refractivity contribution in [3.05, 3.63) is 53.3 Å². The SMILES string of the molecule is C=C(NC(=O)[C@@H](NC(=O)c1conc1C(C)C)C1CCCCCC1)/C(F)=C\C(=C/C)[C@H](C)[C@@H](NC(=O)CC)C(=O)N1CCN(C)CC1. The average molecular weight is 657 g/mol. The highest BCUT2D eigenvalue weighted by molar-refractivity contribution is 5.98. The molecule has 0 radical (unpaired) electrons. The summed E-state index contributed by atoms with van der Waals surface area (Å²) in [6.07, 6.45) is 9.84. The molecule has 11 nitrogen and oxygen atoms in total. The van der Waals surface area contributed by atoms with Gasteiger partial charge >= 0.3 is 0 Å². The number of nitrogens with zero attached hydrogens (tertiary/aromatic N) is 3. The zero-order valence-corrected chi connectivity index (χ0v) is 28.9. The van der Waals surface area contributed by atoms with Crippen LogP contribution in [0.3, 0.4) is 0 Å². The molecule has 1 saturated heterocycles. The Balaban J connectivity index is 1.79. The van der Waals surface area contributed by atoms with Gasteiger partial charge in [-0.15, -0.1) is 0 Å². The number of hydrogen-bond acceptors (Lipinski definition) is 7. The minimum absolute atomic E-state index is 0.0615. The third-order valence-electron chi connectivity index (χ3n) is 9.26. The molecule has 2 fully saturated rings. The van der Waals surface area contributed by atoms with Gasteiger partial charge in [-0.1, -0.05) is 71.2 Å². The van der Waals surface area contributed by atoms with E-state index < -0.39 is 35.6 Å². The Hall–Kier alpha value is -3.80. The van der Waals surface area contributed by atoms with Crippen LogP contribution >= 0.6 is 0 Å². The predicted molar refractivity (Wildman–Crippen MR) is 179 cm³/mol. The number of nitrogens with one attached hydrogen (secondary N) is 3. The lowest BCUT2D eigenvalue weighted by molar-refractivity contribution is -0.138. The van der Waals surface area contributed by atoms with Gasteiger partial charge in [-0.3, -0.25) is 19.2 Å². The van der Waals surface area contributed by atoms with Crippen LogP contribution in [0.25, 0.3) is 0 Å². The number of likely N-dealkylation sites (N-methyl/N-ethyl adjacent to an activating group) is 1. The van der Waals surface area contributed by atoms with Gasteiger partial charge in [0.25, 0.3) is 5.91 Å². The first kappa shape index (κ1) is 37.7. The highest BCUT2D eigenvalue weighted by atomic mass is 19.1. The summed E-state index contributed by atoms with van der Waals surface area (Å²) >= 11 is 0. The number of allylic oxidation sites excluding steroid dienone is 3. The predicted octanol–water partition coefficient (Wildman–Crippen LogP) is 4.60. The zero-order chi connectivity index (χ0) is 34.7. The van der Waals surface area contributed by atoms with Crippen molar-refractivity contribution >= 4 is 23.6 Å². The molecule has 1 aliphatic heterocycles. The third kappa shape index (κ3) is 10.3. The van der Waals surface area contributed by atoms with E-state index in [0.29, 0.717) is 24.4 Å². The highest BCUT2D eigenvalue weighted by Crippen LogP contribution is 2.28. The van der Waals surface area contributed by atoms with E-state index in [1.807, 2.05) is 20.9 Å². The van der Waals surface area contributed by atoms with Crippen LogP contribution in [0.1, 0.15) is 102 Å². The van der Waals surface area contributed by atoms with Gasteiger partial charge in [-0.25, -0.2) is 4.39 Å². The Bertz CT molecular complexity index is 1320. The highest BCUT2D eigenvalue weighted by Gasteiger charge is 2.35. The van der Waals surface area contributed by atoms with E-state index in [1.165, 1.54) is 12.3 Å². The zero-order valence-electron chi connectivity index (χ0n) is 28.9. The number of halogens is 1. The largest absolute Gasteiger partial charge is 0.364 e. The molecule has 0 bridgehead atoms. The standard InChI is InChI=1S/C35H53FN6O5/c1-8-25(23(5)31(38-29(43)9-2)35(46)42-18-16-41(7)17-19-42)20-28(36)24(6)37-34(45)32(26-14-12-10-11-13-15-26)39-33(44)27-21-47-40-30(27)22(3)4/h8,20-23,26,31-32H,6,9-19H2,1-5,7H3,(H,37,45)(H,38,43)(H,39,44)/b25-8+,28-20+/t23-,31+,32-/m0/s1. The monoisotopic (exact) mass is 656 g/mol. The second-order valence-electron chi connectivity index (χ2n) is 13.0. The summed E-state index contributed by atoms with van der Waals surface area (Å²) in [5.74, 6) is -3.10. The van der Waals surface area contributed by atoms with Crippen LogP contribution in [0.4, 0.5) is 4.39 Å². The van der Waals surface area contributed by atoms with Gasteiger partial charge in [0.2, 0.25) is 17.7 Å². The fourth-order valence-electron chi connectivity index (χ4n) is 6.18. The summed E-state index contributed by atoms with van der Waals surface area (Å²) < 4.78 is 20.8. The molecule has 3 atom stereocenters. The maximum atomic E-state index is 15.8. The molecule has 0 aromatic carbocycles. The quantitative estimate of drug-likeness (QED) is 0.209. The smallest absolute Gasteiger partial charge is 0.257 e. The topological polar surface area (TPSA) is 137 Å². The van der Waals surface area contributed by atoms with Crippen molar-refractivity contribution < 1.29 is 28.1 Å². The Morgan fingerprint density at radius 3 is 2.28 bits per heavy atom. The first-order valence-electron chi connectivity index (χ1n) is 16.9.